The number of carbonyl (C=O) groups excluding carboxylic acids is 1. The van der Waals surface area contributed by atoms with Crippen LogP contribution in [-0.2, 0) is 4.74 Å². The number of hydrogen-bond donors (Lipinski definition) is 0. The second-order valence-electron chi connectivity index (χ2n) is 5.21. The van der Waals surface area contributed by atoms with Gasteiger partial charge >= 0.3 is 5.97 Å². The summed E-state index contributed by atoms with van der Waals surface area (Å²) in [7, 11) is 0. The van der Waals surface area contributed by atoms with Gasteiger partial charge in [-0.15, -0.1) is 0 Å². The number of nitrogens with zero attached hydrogens (tertiary/aromatic N) is 3. The molecule has 3 aromatic rings. The lowest BCUT2D eigenvalue weighted by molar-refractivity contribution is 0.0265. The molecule has 0 bridgehead atoms. The minimum absolute atomic E-state index is 0.122. The zero-order chi connectivity index (χ0) is 17.1. The van der Waals surface area contributed by atoms with Crippen molar-refractivity contribution < 1.29 is 18.4 Å². The summed E-state index contributed by atoms with van der Waals surface area (Å²) in [5, 5.41) is 3.84. The fraction of sp³-hybridized carbons (Fsp3) is 0.176. The van der Waals surface area contributed by atoms with E-state index in [2.05, 4.69) is 15.1 Å². The molecule has 0 spiro atoms. The van der Waals surface area contributed by atoms with Crippen molar-refractivity contribution in [1.82, 2.24) is 15.1 Å². The molecule has 6 nitrogen and oxygen atoms in total. The first kappa shape index (κ1) is 15.8. The molecule has 1 unspecified atom stereocenters. The van der Waals surface area contributed by atoms with E-state index in [0.717, 1.165) is 6.07 Å². The molecule has 1 aromatic carbocycles. The van der Waals surface area contributed by atoms with Crippen LogP contribution in [0.25, 0.3) is 11.4 Å². The number of aryl methyl sites for hydroxylation is 1. The lowest BCUT2D eigenvalue weighted by Crippen LogP contribution is -2.10. The summed E-state index contributed by atoms with van der Waals surface area (Å²) < 4.78 is 23.9. The maximum absolute atomic E-state index is 13.5. The minimum Gasteiger partial charge on any atom is -0.449 e. The molecule has 0 saturated heterocycles. The van der Waals surface area contributed by atoms with Gasteiger partial charge in [-0.25, -0.2) is 9.18 Å². The van der Waals surface area contributed by atoms with Crippen molar-refractivity contribution in [3.05, 3.63) is 65.6 Å². The predicted molar refractivity (Wildman–Crippen MR) is 82.5 cm³/mol. The summed E-state index contributed by atoms with van der Waals surface area (Å²) in [5.41, 5.74) is 1.26. The zero-order valence-electron chi connectivity index (χ0n) is 13.1. The van der Waals surface area contributed by atoms with Crippen LogP contribution in [0.3, 0.4) is 0 Å². The zero-order valence-corrected chi connectivity index (χ0v) is 13.1. The van der Waals surface area contributed by atoms with Crippen LogP contribution in [0.5, 0.6) is 0 Å². The van der Waals surface area contributed by atoms with Gasteiger partial charge in [0.1, 0.15) is 5.82 Å². The highest BCUT2D eigenvalue weighted by molar-refractivity contribution is 5.89. The Morgan fingerprint density at radius 1 is 1.33 bits per heavy atom. The largest absolute Gasteiger partial charge is 0.449 e. The van der Waals surface area contributed by atoms with Crippen molar-refractivity contribution in [2.75, 3.05) is 0 Å². The van der Waals surface area contributed by atoms with Crippen molar-refractivity contribution in [2.45, 2.75) is 20.0 Å². The SMILES string of the molecule is Cc1ccc(C(=O)OC(C)c2nc(-c3cccnc3)no2)cc1F. The highest BCUT2D eigenvalue weighted by Gasteiger charge is 2.20. The molecule has 0 amide bonds. The molecular weight excluding hydrogens is 313 g/mol. The smallest absolute Gasteiger partial charge is 0.339 e. The van der Waals surface area contributed by atoms with Gasteiger partial charge in [0.25, 0.3) is 5.89 Å². The second kappa shape index (κ2) is 6.57. The van der Waals surface area contributed by atoms with Gasteiger partial charge in [0, 0.05) is 18.0 Å². The summed E-state index contributed by atoms with van der Waals surface area (Å²) in [6, 6.07) is 7.69. The number of ether oxygens (including phenoxy) is 1. The summed E-state index contributed by atoms with van der Waals surface area (Å²) >= 11 is 0. The Labute approximate surface area is 137 Å². The van der Waals surface area contributed by atoms with E-state index in [0.29, 0.717) is 17.0 Å². The van der Waals surface area contributed by atoms with Gasteiger partial charge in [-0.05, 0) is 43.7 Å². The third-order valence-corrected chi connectivity index (χ3v) is 3.40. The van der Waals surface area contributed by atoms with Gasteiger partial charge in [0.05, 0.1) is 5.56 Å². The number of pyridine rings is 1. The third-order valence-electron chi connectivity index (χ3n) is 3.40. The van der Waals surface area contributed by atoms with E-state index in [1.807, 2.05) is 0 Å². The van der Waals surface area contributed by atoms with Gasteiger partial charge in [-0.2, -0.15) is 4.98 Å². The van der Waals surface area contributed by atoms with Crippen molar-refractivity contribution in [3.63, 3.8) is 0 Å². The van der Waals surface area contributed by atoms with Gasteiger partial charge in [0.15, 0.2) is 6.10 Å². The molecule has 0 aliphatic heterocycles. The number of hydrogen-bond acceptors (Lipinski definition) is 6. The monoisotopic (exact) mass is 327 g/mol. The van der Waals surface area contributed by atoms with Gasteiger partial charge in [0.2, 0.25) is 5.82 Å². The number of halogens is 1. The van der Waals surface area contributed by atoms with E-state index in [1.165, 1.54) is 12.1 Å². The highest BCUT2D eigenvalue weighted by Crippen LogP contribution is 2.21. The second-order valence-corrected chi connectivity index (χ2v) is 5.21. The molecule has 1 atom stereocenters. The Morgan fingerprint density at radius 2 is 2.17 bits per heavy atom. The molecular formula is C17H14FN3O3. The Balaban J connectivity index is 1.73. The number of benzene rings is 1. The Hall–Kier alpha value is -3.09. The van der Waals surface area contributed by atoms with Crippen LogP contribution in [0.1, 0.15) is 34.8 Å². The number of aromatic nitrogens is 3. The molecule has 2 aromatic heterocycles. The summed E-state index contributed by atoms with van der Waals surface area (Å²) in [6.07, 6.45) is 2.47. The van der Waals surface area contributed by atoms with Crippen LogP contribution >= 0.6 is 0 Å². The van der Waals surface area contributed by atoms with E-state index >= 15 is 0 Å². The lowest BCUT2D eigenvalue weighted by atomic mass is 10.1. The van der Waals surface area contributed by atoms with Crippen LogP contribution in [0.4, 0.5) is 4.39 Å². The molecule has 0 aliphatic carbocycles. The number of rotatable bonds is 4. The molecule has 0 N–H and O–H groups in total. The minimum atomic E-state index is -0.764. The predicted octanol–water partition coefficient (Wildman–Crippen LogP) is 3.50. The van der Waals surface area contributed by atoms with Crippen molar-refractivity contribution >= 4 is 5.97 Å². The Bertz CT molecular complexity index is 865. The molecule has 2 heterocycles. The first-order valence-corrected chi connectivity index (χ1v) is 7.25. The molecule has 24 heavy (non-hydrogen) atoms. The average molecular weight is 327 g/mol. The first-order chi connectivity index (χ1) is 11.5. The van der Waals surface area contributed by atoms with Crippen LogP contribution in [0.2, 0.25) is 0 Å². The Morgan fingerprint density at radius 3 is 2.88 bits per heavy atom. The van der Waals surface area contributed by atoms with Gasteiger partial charge in [-0.3, -0.25) is 4.98 Å². The van der Waals surface area contributed by atoms with E-state index in [1.54, 1.807) is 38.4 Å². The number of carbonyl (C=O) groups is 1. The quantitative estimate of drug-likeness (QED) is 0.683. The molecule has 0 radical (unpaired) electrons. The maximum atomic E-state index is 13.5. The third kappa shape index (κ3) is 3.29. The van der Waals surface area contributed by atoms with Gasteiger partial charge in [-0.1, -0.05) is 11.2 Å². The molecule has 0 fully saturated rings. The maximum Gasteiger partial charge on any atom is 0.339 e. The van der Waals surface area contributed by atoms with Crippen LogP contribution in [0, 0.1) is 12.7 Å². The molecule has 122 valence electrons. The van der Waals surface area contributed by atoms with Crippen molar-refractivity contribution in [3.8, 4) is 11.4 Å². The standard InChI is InChI=1S/C17H14FN3O3/c1-10-5-6-12(8-14(10)18)17(22)23-11(2)16-20-15(21-24-16)13-4-3-7-19-9-13/h3-9,11H,1-2H3. The summed E-state index contributed by atoms with van der Waals surface area (Å²) in [4.78, 5) is 20.2. The first-order valence-electron chi connectivity index (χ1n) is 7.25. The normalized spacial score (nSPS) is 12.0. The van der Waals surface area contributed by atoms with Crippen molar-refractivity contribution in [2.24, 2.45) is 0 Å². The van der Waals surface area contributed by atoms with Crippen LogP contribution in [0.15, 0.2) is 47.2 Å². The average Bonchev–Trinajstić information content (AvgIpc) is 3.08. The van der Waals surface area contributed by atoms with Gasteiger partial charge < -0.3 is 9.26 Å². The lowest BCUT2D eigenvalue weighted by Gasteiger charge is -2.09. The molecule has 3 rings (SSSR count). The van der Waals surface area contributed by atoms with Crippen LogP contribution in [-0.4, -0.2) is 21.1 Å². The number of esters is 1. The molecule has 7 heteroatoms. The summed E-state index contributed by atoms with van der Waals surface area (Å²) in [5.74, 6) is -0.631. The molecule has 0 saturated carbocycles. The van der Waals surface area contributed by atoms with Crippen LogP contribution < -0.4 is 0 Å². The van der Waals surface area contributed by atoms with E-state index in [-0.39, 0.29) is 11.5 Å². The highest BCUT2D eigenvalue weighted by atomic mass is 19.1. The van der Waals surface area contributed by atoms with E-state index in [4.69, 9.17) is 9.26 Å². The van der Waals surface area contributed by atoms with E-state index in [9.17, 15) is 9.18 Å². The Kier molecular flexibility index (Phi) is 4.33. The fourth-order valence-corrected chi connectivity index (χ4v) is 2.01. The van der Waals surface area contributed by atoms with E-state index < -0.39 is 17.9 Å². The molecule has 0 aliphatic rings. The fourth-order valence-electron chi connectivity index (χ4n) is 2.01. The van der Waals surface area contributed by atoms with Crippen molar-refractivity contribution in [1.29, 1.82) is 0 Å². The summed E-state index contributed by atoms with van der Waals surface area (Å²) in [6.45, 7) is 3.22. The topological polar surface area (TPSA) is 78.1 Å².